The zero-order valence-corrected chi connectivity index (χ0v) is 12.1. The maximum absolute atomic E-state index is 12.3. The maximum atomic E-state index is 12.3. The topological polar surface area (TPSA) is 84.2 Å². The maximum Gasteiger partial charge on any atom is 0.329 e. The number of rotatable bonds is 3. The van der Waals surface area contributed by atoms with Gasteiger partial charge in [0.05, 0.1) is 5.69 Å². The van der Waals surface area contributed by atoms with Crippen molar-refractivity contribution in [2.24, 2.45) is 13.0 Å². The third-order valence-corrected chi connectivity index (χ3v) is 4.12. The number of aliphatic carboxylic acids is 1. The molecule has 0 aliphatic heterocycles. The van der Waals surface area contributed by atoms with E-state index in [1.54, 1.807) is 20.0 Å². The quantitative estimate of drug-likeness (QED) is 0.878. The minimum atomic E-state index is -1.14. The van der Waals surface area contributed by atoms with E-state index in [9.17, 15) is 14.7 Å². The fraction of sp³-hybridized carbons (Fsp3) is 0.643. The van der Waals surface area contributed by atoms with E-state index in [1.807, 2.05) is 0 Å². The van der Waals surface area contributed by atoms with Gasteiger partial charge < -0.3 is 10.4 Å². The number of nitrogens with zero attached hydrogens (tertiary/aromatic N) is 2. The van der Waals surface area contributed by atoms with Crippen LogP contribution in [0.5, 0.6) is 0 Å². The second kappa shape index (κ2) is 5.26. The lowest BCUT2D eigenvalue weighted by atomic mass is 9.77. The third-order valence-electron chi connectivity index (χ3n) is 4.12. The van der Waals surface area contributed by atoms with E-state index in [1.165, 1.54) is 4.68 Å². The molecular formula is C14H21N3O3. The Morgan fingerprint density at radius 2 is 2.05 bits per heavy atom. The van der Waals surface area contributed by atoms with E-state index in [2.05, 4.69) is 17.3 Å². The van der Waals surface area contributed by atoms with Gasteiger partial charge in [0.25, 0.3) is 5.91 Å². The molecular weight excluding hydrogens is 258 g/mol. The molecule has 20 heavy (non-hydrogen) atoms. The molecule has 0 atom stereocenters. The lowest BCUT2D eigenvalue weighted by Gasteiger charge is -2.36. The van der Waals surface area contributed by atoms with Crippen molar-refractivity contribution in [3.05, 3.63) is 17.5 Å². The standard InChI is InChI=1S/C14H21N3O3/c1-9-4-6-14(7-5-9,13(19)20)15-12(18)11-8-10(2)16-17(11)3/h8-9H,4-7H2,1-3H3,(H,15,18)(H,19,20). The van der Waals surface area contributed by atoms with Gasteiger partial charge in [-0.15, -0.1) is 0 Å². The van der Waals surface area contributed by atoms with Gasteiger partial charge in [-0.25, -0.2) is 4.79 Å². The van der Waals surface area contributed by atoms with Crippen molar-refractivity contribution in [1.82, 2.24) is 15.1 Å². The first-order chi connectivity index (χ1) is 9.34. The fourth-order valence-electron chi connectivity index (χ4n) is 2.75. The molecule has 6 heteroatoms. The summed E-state index contributed by atoms with van der Waals surface area (Å²) < 4.78 is 1.48. The van der Waals surface area contributed by atoms with Gasteiger partial charge in [0.2, 0.25) is 0 Å². The summed E-state index contributed by atoms with van der Waals surface area (Å²) in [4.78, 5) is 23.9. The number of nitrogens with one attached hydrogen (secondary N) is 1. The lowest BCUT2D eigenvalue weighted by molar-refractivity contribution is -0.146. The van der Waals surface area contributed by atoms with Crippen molar-refractivity contribution in [3.63, 3.8) is 0 Å². The molecule has 0 radical (unpaired) electrons. The molecule has 1 aliphatic carbocycles. The molecule has 1 fully saturated rings. The van der Waals surface area contributed by atoms with Gasteiger partial charge in [0.1, 0.15) is 11.2 Å². The van der Waals surface area contributed by atoms with Crippen LogP contribution >= 0.6 is 0 Å². The Bertz CT molecular complexity index is 528. The van der Waals surface area contributed by atoms with E-state index in [0.29, 0.717) is 24.5 Å². The molecule has 0 aromatic carbocycles. The van der Waals surface area contributed by atoms with Gasteiger partial charge >= 0.3 is 5.97 Å². The molecule has 0 bridgehead atoms. The Kier molecular flexibility index (Phi) is 3.83. The number of carbonyl (C=O) groups is 2. The summed E-state index contributed by atoms with van der Waals surface area (Å²) in [6.45, 7) is 3.91. The highest BCUT2D eigenvalue weighted by atomic mass is 16.4. The Morgan fingerprint density at radius 3 is 2.50 bits per heavy atom. The van der Waals surface area contributed by atoms with Crippen molar-refractivity contribution in [2.75, 3.05) is 0 Å². The molecule has 0 saturated heterocycles. The molecule has 0 unspecified atom stereocenters. The average Bonchev–Trinajstić information content (AvgIpc) is 2.71. The number of hydrogen-bond donors (Lipinski definition) is 2. The van der Waals surface area contributed by atoms with Crippen LogP contribution in [-0.2, 0) is 11.8 Å². The highest BCUT2D eigenvalue weighted by Gasteiger charge is 2.42. The van der Waals surface area contributed by atoms with Crippen molar-refractivity contribution < 1.29 is 14.7 Å². The van der Waals surface area contributed by atoms with Gasteiger partial charge in [0, 0.05) is 7.05 Å². The SMILES string of the molecule is Cc1cc(C(=O)NC2(C(=O)O)CCC(C)CC2)n(C)n1. The largest absolute Gasteiger partial charge is 0.480 e. The van der Waals surface area contributed by atoms with E-state index in [4.69, 9.17) is 0 Å². The van der Waals surface area contributed by atoms with Gasteiger partial charge in [-0.05, 0) is 44.6 Å². The molecule has 6 nitrogen and oxygen atoms in total. The van der Waals surface area contributed by atoms with Crippen molar-refractivity contribution >= 4 is 11.9 Å². The zero-order chi connectivity index (χ0) is 14.9. The average molecular weight is 279 g/mol. The van der Waals surface area contributed by atoms with Gasteiger partial charge in [-0.1, -0.05) is 6.92 Å². The normalized spacial score (nSPS) is 26.2. The Balaban J connectivity index is 2.19. The zero-order valence-electron chi connectivity index (χ0n) is 12.1. The summed E-state index contributed by atoms with van der Waals surface area (Å²) in [6.07, 6.45) is 2.59. The number of carbonyl (C=O) groups excluding carboxylic acids is 1. The van der Waals surface area contributed by atoms with Gasteiger partial charge in [-0.3, -0.25) is 9.48 Å². The van der Waals surface area contributed by atoms with E-state index < -0.39 is 11.5 Å². The molecule has 1 aromatic heterocycles. The van der Waals surface area contributed by atoms with Crippen LogP contribution < -0.4 is 5.32 Å². The Hall–Kier alpha value is -1.85. The van der Waals surface area contributed by atoms with Crippen molar-refractivity contribution in [3.8, 4) is 0 Å². The molecule has 2 N–H and O–H groups in total. The van der Waals surface area contributed by atoms with E-state index in [-0.39, 0.29) is 5.91 Å². The first-order valence-electron chi connectivity index (χ1n) is 6.90. The molecule has 110 valence electrons. The van der Waals surface area contributed by atoms with Crippen molar-refractivity contribution in [2.45, 2.75) is 45.1 Å². The molecule has 1 aliphatic rings. The highest BCUT2D eigenvalue weighted by molar-refractivity contribution is 5.96. The summed E-state index contributed by atoms with van der Waals surface area (Å²) in [6, 6.07) is 1.66. The highest BCUT2D eigenvalue weighted by Crippen LogP contribution is 2.32. The monoisotopic (exact) mass is 279 g/mol. The molecule has 2 rings (SSSR count). The van der Waals surface area contributed by atoms with Crippen LogP contribution in [0.3, 0.4) is 0 Å². The van der Waals surface area contributed by atoms with Crippen LogP contribution in [0.4, 0.5) is 0 Å². The Morgan fingerprint density at radius 1 is 1.45 bits per heavy atom. The number of amides is 1. The van der Waals surface area contributed by atoms with Crippen LogP contribution in [-0.4, -0.2) is 32.3 Å². The van der Waals surface area contributed by atoms with Crippen LogP contribution in [0.15, 0.2) is 6.07 Å². The smallest absolute Gasteiger partial charge is 0.329 e. The molecule has 1 amide bonds. The summed E-state index contributed by atoms with van der Waals surface area (Å²) in [5.74, 6) is -0.806. The number of aromatic nitrogens is 2. The third kappa shape index (κ3) is 2.69. The number of hydrogen-bond acceptors (Lipinski definition) is 3. The summed E-state index contributed by atoms with van der Waals surface area (Å²) in [7, 11) is 1.68. The van der Waals surface area contributed by atoms with Gasteiger partial charge in [-0.2, -0.15) is 5.10 Å². The first kappa shape index (κ1) is 14.6. The van der Waals surface area contributed by atoms with Crippen molar-refractivity contribution in [1.29, 1.82) is 0 Å². The van der Waals surface area contributed by atoms with E-state index in [0.717, 1.165) is 18.5 Å². The summed E-state index contributed by atoms with van der Waals surface area (Å²) >= 11 is 0. The lowest BCUT2D eigenvalue weighted by Crippen LogP contribution is -2.56. The second-order valence-electron chi connectivity index (χ2n) is 5.82. The predicted octanol–water partition coefficient (Wildman–Crippen LogP) is 1.49. The number of aryl methyl sites for hydroxylation is 2. The minimum Gasteiger partial charge on any atom is -0.480 e. The first-order valence-corrected chi connectivity index (χ1v) is 6.90. The second-order valence-corrected chi connectivity index (χ2v) is 5.82. The number of carboxylic acids is 1. The fourth-order valence-corrected chi connectivity index (χ4v) is 2.75. The molecule has 0 spiro atoms. The summed E-state index contributed by atoms with van der Waals surface area (Å²) in [5.41, 5.74) is -0.0112. The molecule has 1 heterocycles. The van der Waals surface area contributed by atoms with Crippen LogP contribution in [0.2, 0.25) is 0 Å². The van der Waals surface area contributed by atoms with Crippen LogP contribution in [0.1, 0.15) is 48.8 Å². The number of carboxylic acid groups (broad SMARTS) is 1. The van der Waals surface area contributed by atoms with Crippen LogP contribution in [0.25, 0.3) is 0 Å². The predicted molar refractivity (Wildman–Crippen MR) is 73.4 cm³/mol. The van der Waals surface area contributed by atoms with Gasteiger partial charge in [0.15, 0.2) is 0 Å². The molecule has 1 saturated carbocycles. The summed E-state index contributed by atoms with van der Waals surface area (Å²) in [5, 5.41) is 16.3. The van der Waals surface area contributed by atoms with E-state index >= 15 is 0 Å². The van der Waals surface area contributed by atoms with Crippen LogP contribution in [0, 0.1) is 12.8 Å². The minimum absolute atomic E-state index is 0.370. The molecule has 1 aromatic rings. The Labute approximate surface area is 118 Å².